The first-order chi connectivity index (χ1) is 15.6. The van der Waals surface area contributed by atoms with Crippen molar-refractivity contribution in [1.29, 1.82) is 0 Å². The van der Waals surface area contributed by atoms with Gasteiger partial charge >= 0.3 is 0 Å². The van der Waals surface area contributed by atoms with E-state index >= 15 is 0 Å². The van der Waals surface area contributed by atoms with Gasteiger partial charge in [0.2, 0.25) is 5.91 Å². The summed E-state index contributed by atoms with van der Waals surface area (Å²) in [5, 5.41) is 2.37. The molecule has 2 fully saturated rings. The number of carbonyl (C=O) groups excluding carboxylic acids is 2. The second kappa shape index (κ2) is 8.80. The maximum Gasteiger partial charge on any atom is 0.282 e. The predicted molar refractivity (Wildman–Crippen MR) is 125 cm³/mol. The van der Waals surface area contributed by atoms with Crippen molar-refractivity contribution in [2.24, 2.45) is 0 Å². The monoisotopic (exact) mass is 447 g/mol. The fraction of sp³-hybridized carbons (Fsp3) is 0.333. The second-order valence-corrected chi connectivity index (χ2v) is 9.16. The van der Waals surface area contributed by atoms with Gasteiger partial charge in [0.1, 0.15) is 0 Å². The van der Waals surface area contributed by atoms with Crippen LogP contribution in [-0.2, 0) is 4.79 Å². The van der Waals surface area contributed by atoms with E-state index in [1.54, 1.807) is 6.20 Å². The molecule has 2 aliphatic rings. The van der Waals surface area contributed by atoms with E-state index in [4.69, 9.17) is 0 Å². The highest BCUT2D eigenvalue weighted by Gasteiger charge is 2.36. The van der Waals surface area contributed by atoms with Crippen molar-refractivity contribution in [3.63, 3.8) is 0 Å². The van der Waals surface area contributed by atoms with E-state index in [9.17, 15) is 9.59 Å². The van der Waals surface area contributed by atoms with Crippen LogP contribution in [0.25, 0.3) is 11.1 Å². The van der Waals surface area contributed by atoms with Crippen molar-refractivity contribution in [3.8, 4) is 11.1 Å². The predicted octanol–water partition coefficient (Wildman–Crippen LogP) is 3.08. The number of aromatic nitrogens is 2. The number of benzene rings is 1. The van der Waals surface area contributed by atoms with Crippen molar-refractivity contribution in [2.45, 2.75) is 19.4 Å². The molecule has 1 aromatic carbocycles. The number of rotatable bonds is 4. The Bertz CT molecular complexity index is 1120. The minimum Gasteiger partial charge on any atom is -0.334 e. The molecule has 4 heterocycles. The van der Waals surface area contributed by atoms with E-state index in [2.05, 4.69) is 33.1 Å². The zero-order chi connectivity index (χ0) is 22.1. The normalized spacial score (nSPS) is 19.5. The van der Waals surface area contributed by atoms with E-state index in [1.807, 2.05) is 46.5 Å². The molecule has 5 rings (SSSR count). The van der Waals surface area contributed by atoms with Crippen molar-refractivity contribution >= 4 is 28.8 Å². The molecule has 2 saturated heterocycles. The highest BCUT2D eigenvalue weighted by atomic mass is 32.1. The topological polar surface area (TPSA) is 69.6 Å². The van der Waals surface area contributed by atoms with Gasteiger partial charge in [0.25, 0.3) is 5.91 Å². The van der Waals surface area contributed by atoms with Gasteiger partial charge in [-0.15, -0.1) is 11.3 Å². The Hall–Kier alpha value is -3.10. The second-order valence-electron chi connectivity index (χ2n) is 8.26. The highest BCUT2D eigenvalue weighted by molar-refractivity contribution is 7.11. The van der Waals surface area contributed by atoms with Crippen LogP contribution >= 0.6 is 11.3 Å². The van der Waals surface area contributed by atoms with Gasteiger partial charge in [-0.05, 0) is 42.3 Å². The molecule has 2 amide bonds. The number of pyridine rings is 1. The molecule has 32 heavy (non-hydrogen) atoms. The molecule has 2 aromatic heterocycles. The Labute approximate surface area is 191 Å². The third-order valence-corrected chi connectivity index (χ3v) is 6.99. The molecule has 2 aliphatic heterocycles. The Morgan fingerprint density at radius 1 is 1.03 bits per heavy atom. The zero-order valence-corrected chi connectivity index (χ0v) is 18.8. The summed E-state index contributed by atoms with van der Waals surface area (Å²) < 4.78 is 0. The van der Waals surface area contributed by atoms with Crippen molar-refractivity contribution in [3.05, 3.63) is 64.9 Å². The molecule has 0 radical (unpaired) electrons. The smallest absolute Gasteiger partial charge is 0.282 e. The Morgan fingerprint density at radius 2 is 1.84 bits per heavy atom. The lowest BCUT2D eigenvalue weighted by atomic mass is 10.1. The minimum absolute atomic E-state index is 0.00642. The molecule has 8 heteroatoms. The van der Waals surface area contributed by atoms with Crippen molar-refractivity contribution < 1.29 is 9.59 Å². The first-order valence-electron chi connectivity index (χ1n) is 10.8. The number of thiazole rings is 1. The molecule has 0 aliphatic carbocycles. The van der Waals surface area contributed by atoms with Crippen LogP contribution in [0.2, 0.25) is 0 Å². The van der Waals surface area contributed by atoms with Gasteiger partial charge in [-0.2, -0.15) is 0 Å². The number of aryl methyl sites for hydroxylation is 1. The molecule has 0 N–H and O–H groups in total. The fourth-order valence-electron chi connectivity index (χ4n) is 4.52. The number of piperazine rings is 1. The van der Waals surface area contributed by atoms with Gasteiger partial charge < -0.3 is 9.80 Å². The van der Waals surface area contributed by atoms with Crippen LogP contribution in [0.15, 0.2) is 54.2 Å². The molecule has 0 spiro atoms. The molecule has 3 aromatic rings. The van der Waals surface area contributed by atoms with E-state index in [0.717, 1.165) is 35.6 Å². The number of amides is 2. The molecule has 0 bridgehead atoms. The number of hydrogen-bond acceptors (Lipinski definition) is 6. The van der Waals surface area contributed by atoms with Crippen LogP contribution in [0.5, 0.6) is 0 Å². The average molecular weight is 448 g/mol. The van der Waals surface area contributed by atoms with Gasteiger partial charge in [0.05, 0.1) is 0 Å². The van der Waals surface area contributed by atoms with Crippen LogP contribution < -0.4 is 4.90 Å². The standard InChI is InChI=1S/C24H25N5O2S/c1-17-13-19(5-6-25-17)18-3-2-4-20(14-18)29-16-21(15-22(29)30)27-8-10-28(11-9-27)24(31)23-26-7-12-32-23/h2-7,12-14,21H,8-11,15-16H2,1H3. The van der Waals surface area contributed by atoms with Gasteiger partial charge in [0.15, 0.2) is 5.01 Å². The summed E-state index contributed by atoms with van der Waals surface area (Å²) in [6, 6.07) is 12.4. The highest BCUT2D eigenvalue weighted by Crippen LogP contribution is 2.29. The quantitative estimate of drug-likeness (QED) is 0.615. The maximum atomic E-state index is 12.9. The third kappa shape index (κ3) is 4.16. The Balaban J connectivity index is 1.24. The fourth-order valence-corrected chi connectivity index (χ4v) is 5.12. The van der Waals surface area contributed by atoms with E-state index < -0.39 is 0 Å². The summed E-state index contributed by atoms with van der Waals surface area (Å²) in [6.45, 7) is 5.54. The molecular weight excluding hydrogens is 422 g/mol. The first kappa shape index (κ1) is 20.8. The van der Waals surface area contributed by atoms with Gasteiger partial charge in [-0.1, -0.05) is 12.1 Å². The molecule has 164 valence electrons. The lowest BCUT2D eigenvalue weighted by molar-refractivity contribution is -0.117. The summed E-state index contributed by atoms with van der Waals surface area (Å²) in [7, 11) is 0. The van der Waals surface area contributed by atoms with Crippen LogP contribution in [0.4, 0.5) is 5.69 Å². The summed E-state index contributed by atoms with van der Waals surface area (Å²) in [6.07, 6.45) is 3.99. The van der Waals surface area contributed by atoms with Gasteiger partial charge in [-0.3, -0.25) is 19.5 Å². The summed E-state index contributed by atoms with van der Waals surface area (Å²) in [5.41, 5.74) is 4.09. The molecule has 1 unspecified atom stereocenters. The van der Waals surface area contributed by atoms with Crippen molar-refractivity contribution in [2.75, 3.05) is 37.6 Å². The number of hydrogen-bond donors (Lipinski definition) is 0. The van der Waals surface area contributed by atoms with Crippen LogP contribution in [0.1, 0.15) is 21.9 Å². The van der Waals surface area contributed by atoms with Crippen LogP contribution in [0.3, 0.4) is 0 Å². The largest absolute Gasteiger partial charge is 0.334 e. The van der Waals surface area contributed by atoms with E-state index in [1.165, 1.54) is 11.3 Å². The molecule has 0 saturated carbocycles. The van der Waals surface area contributed by atoms with Gasteiger partial charge in [0, 0.05) is 74.3 Å². The molecule has 7 nitrogen and oxygen atoms in total. The lowest BCUT2D eigenvalue weighted by Gasteiger charge is -2.37. The van der Waals surface area contributed by atoms with Gasteiger partial charge in [-0.25, -0.2) is 4.98 Å². The molecule has 1 atom stereocenters. The maximum absolute atomic E-state index is 12.9. The first-order valence-corrected chi connectivity index (χ1v) is 11.7. The Morgan fingerprint density at radius 3 is 2.59 bits per heavy atom. The lowest BCUT2D eigenvalue weighted by Crippen LogP contribution is -2.52. The Kier molecular flexibility index (Phi) is 5.71. The summed E-state index contributed by atoms with van der Waals surface area (Å²) in [4.78, 5) is 39.9. The SMILES string of the molecule is Cc1cc(-c2cccc(N3CC(N4CCN(C(=O)c5nccs5)CC4)CC3=O)c2)ccn1. The third-order valence-electron chi connectivity index (χ3n) is 6.23. The van der Waals surface area contributed by atoms with E-state index in [0.29, 0.717) is 31.1 Å². The zero-order valence-electron chi connectivity index (χ0n) is 18.0. The number of nitrogens with zero attached hydrogens (tertiary/aromatic N) is 5. The minimum atomic E-state index is 0.00642. The number of anilines is 1. The van der Waals surface area contributed by atoms with Crippen LogP contribution in [0, 0.1) is 6.92 Å². The summed E-state index contributed by atoms with van der Waals surface area (Å²) >= 11 is 1.38. The van der Waals surface area contributed by atoms with Crippen LogP contribution in [-0.4, -0.2) is 70.3 Å². The van der Waals surface area contributed by atoms with E-state index in [-0.39, 0.29) is 17.9 Å². The number of carbonyl (C=O) groups is 2. The molecular formula is C24H25N5O2S. The summed E-state index contributed by atoms with van der Waals surface area (Å²) in [5.74, 6) is 0.159. The average Bonchev–Trinajstić information content (AvgIpc) is 3.49. The van der Waals surface area contributed by atoms with Crippen molar-refractivity contribution in [1.82, 2.24) is 19.8 Å².